The maximum absolute atomic E-state index is 11.0. The van der Waals surface area contributed by atoms with E-state index >= 15 is 0 Å². The molecule has 3 heterocycles. The molecule has 0 spiro atoms. The van der Waals surface area contributed by atoms with E-state index in [1.807, 2.05) is 12.1 Å². The molecule has 3 aromatic heterocycles. The zero-order chi connectivity index (χ0) is 17.4. The van der Waals surface area contributed by atoms with Crippen LogP contribution in [0.5, 0.6) is 0 Å². The third-order valence-electron chi connectivity index (χ3n) is 3.56. The van der Waals surface area contributed by atoms with Crippen LogP contribution in [-0.2, 0) is 11.1 Å². The largest absolute Gasteiger partial charge is 0.768 e. The average Bonchev–Trinajstić information content (AvgIpc) is 3.26. The molecule has 4 rings (SSSR count). The lowest BCUT2D eigenvalue weighted by atomic mass is 10.2. The molecule has 0 aliphatic rings. The number of hydrogen-bond acceptors (Lipinski definition) is 6. The maximum Gasteiger partial charge on any atom is 0.172 e. The van der Waals surface area contributed by atoms with Gasteiger partial charge in [-0.1, -0.05) is 0 Å². The number of anilines is 2. The fraction of sp³-hybridized carbons (Fsp3) is 0. The van der Waals surface area contributed by atoms with Gasteiger partial charge in [0.15, 0.2) is 5.65 Å². The van der Waals surface area contributed by atoms with E-state index in [2.05, 4.69) is 31.3 Å². The van der Waals surface area contributed by atoms with Crippen molar-refractivity contribution in [3.63, 3.8) is 0 Å². The molecule has 1 aromatic carbocycles. The lowest BCUT2D eigenvalue weighted by Crippen LogP contribution is -2.02. The standard InChI is InChI=1S/C16H11BrN4O3S/c17-13-8-18-21-15(19-11-1-3-12(4-2-11)25(22)23)7-14(20-16(13)21)10-5-6-24-9-10/h1-9,19H,(H,22,23)/p-1. The highest BCUT2D eigenvalue weighted by Gasteiger charge is 2.12. The number of fused-ring (bicyclic) bond motifs is 1. The van der Waals surface area contributed by atoms with Crippen molar-refractivity contribution in [2.75, 3.05) is 5.32 Å². The van der Waals surface area contributed by atoms with E-state index in [1.165, 1.54) is 12.1 Å². The molecule has 0 radical (unpaired) electrons. The first kappa shape index (κ1) is 16.0. The molecule has 0 amide bonds. The third-order valence-corrected chi connectivity index (χ3v) is 4.78. The number of hydrogen-bond donors (Lipinski definition) is 1. The summed E-state index contributed by atoms with van der Waals surface area (Å²) in [7, 11) is 0. The van der Waals surface area contributed by atoms with Gasteiger partial charge < -0.3 is 14.3 Å². The van der Waals surface area contributed by atoms with Crippen LogP contribution in [-0.4, -0.2) is 23.4 Å². The Morgan fingerprint density at radius 2 is 2.04 bits per heavy atom. The maximum atomic E-state index is 11.0. The van der Waals surface area contributed by atoms with Crippen LogP contribution in [0.2, 0.25) is 0 Å². The number of furan rings is 1. The molecule has 9 heteroatoms. The minimum atomic E-state index is -2.25. The van der Waals surface area contributed by atoms with Gasteiger partial charge >= 0.3 is 0 Å². The van der Waals surface area contributed by atoms with Gasteiger partial charge in [0, 0.05) is 22.2 Å². The van der Waals surface area contributed by atoms with E-state index in [9.17, 15) is 8.76 Å². The van der Waals surface area contributed by atoms with Gasteiger partial charge in [-0.05, 0) is 57.3 Å². The summed E-state index contributed by atoms with van der Waals surface area (Å²) in [5, 5.41) is 7.54. The summed E-state index contributed by atoms with van der Waals surface area (Å²) in [6.07, 6.45) is 4.86. The third kappa shape index (κ3) is 3.09. The highest BCUT2D eigenvalue weighted by molar-refractivity contribution is 9.10. The molecule has 25 heavy (non-hydrogen) atoms. The van der Waals surface area contributed by atoms with Crippen LogP contribution in [0.15, 0.2) is 68.9 Å². The first-order chi connectivity index (χ1) is 12.1. The number of aromatic nitrogens is 3. The van der Waals surface area contributed by atoms with E-state index in [0.717, 1.165) is 21.4 Å². The SMILES string of the molecule is O=S([O-])c1ccc(Nc2cc(-c3ccoc3)nc3c(Br)cnn23)cc1. The first-order valence-electron chi connectivity index (χ1n) is 7.15. The van der Waals surface area contributed by atoms with Crippen LogP contribution in [0.3, 0.4) is 0 Å². The van der Waals surface area contributed by atoms with Gasteiger partial charge in [-0.15, -0.1) is 0 Å². The Balaban J connectivity index is 1.79. The molecule has 0 aliphatic carbocycles. The van der Waals surface area contributed by atoms with E-state index in [0.29, 0.717) is 11.5 Å². The predicted octanol–water partition coefficient (Wildman–Crippen LogP) is 3.73. The van der Waals surface area contributed by atoms with Crippen LogP contribution >= 0.6 is 15.9 Å². The van der Waals surface area contributed by atoms with Crippen molar-refractivity contribution in [2.24, 2.45) is 0 Å². The van der Waals surface area contributed by atoms with Crippen molar-refractivity contribution in [3.8, 4) is 11.3 Å². The second-order valence-electron chi connectivity index (χ2n) is 5.15. The summed E-state index contributed by atoms with van der Waals surface area (Å²) in [6.45, 7) is 0. The Morgan fingerprint density at radius 3 is 2.72 bits per heavy atom. The molecule has 0 saturated carbocycles. The number of rotatable bonds is 4. The smallest absolute Gasteiger partial charge is 0.172 e. The van der Waals surface area contributed by atoms with Gasteiger partial charge in [-0.2, -0.15) is 9.61 Å². The van der Waals surface area contributed by atoms with Crippen LogP contribution in [0, 0.1) is 0 Å². The van der Waals surface area contributed by atoms with Gasteiger partial charge in [0.05, 0.1) is 28.9 Å². The molecule has 0 aliphatic heterocycles. The molecule has 1 N–H and O–H groups in total. The highest BCUT2D eigenvalue weighted by atomic mass is 79.9. The monoisotopic (exact) mass is 417 g/mol. The summed E-state index contributed by atoms with van der Waals surface area (Å²) in [6, 6.07) is 10.1. The molecule has 1 atom stereocenters. The van der Waals surface area contributed by atoms with Gasteiger partial charge in [-0.3, -0.25) is 4.21 Å². The minimum absolute atomic E-state index is 0.228. The second kappa shape index (κ2) is 6.43. The minimum Gasteiger partial charge on any atom is -0.768 e. The topological polar surface area (TPSA) is 95.5 Å². The number of nitrogens with one attached hydrogen (secondary N) is 1. The second-order valence-corrected chi connectivity index (χ2v) is 6.95. The fourth-order valence-corrected chi connectivity index (χ4v) is 3.09. The van der Waals surface area contributed by atoms with Crippen molar-refractivity contribution in [3.05, 3.63) is 59.6 Å². The predicted molar refractivity (Wildman–Crippen MR) is 95.3 cm³/mol. The van der Waals surface area contributed by atoms with Gasteiger partial charge in [-0.25, -0.2) is 4.98 Å². The molecule has 4 aromatic rings. The zero-order valence-corrected chi connectivity index (χ0v) is 15.0. The molecular formula is C16H10BrN4O3S-. The zero-order valence-electron chi connectivity index (χ0n) is 12.5. The molecule has 7 nitrogen and oxygen atoms in total. The van der Waals surface area contributed by atoms with E-state index < -0.39 is 11.1 Å². The van der Waals surface area contributed by atoms with Crippen LogP contribution < -0.4 is 5.32 Å². The van der Waals surface area contributed by atoms with Gasteiger partial charge in [0.25, 0.3) is 0 Å². The average molecular weight is 418 g/mol. The summed E-state index contributed by atoms with van der Waals surface area (Å²) < 4.78 is 29.5. The lowest BCUT2D eigenvalue weighted by molar-refractivity contribution is 0.537. The molecule has 0 saturated heterocycles. The molecule has 126 valence electrons. The van der Waals surface area contributed by atoms with Crippen molar-refractivity contribution < 1.29 is 13.2 Å². The molecular weight excluding hydrogens is 408 g/mol. The fourth-order valence-electron chi connectivity index (χ4n) is 2.38. The summed E-state index contributed by atoms with van der Waals surface area (Å²) in [5.74, 6) is 0.683. The Bertz CT molecular complexity index is 1060. The van der Waals surface area contributed by atoms with Crippen LogP contribution in [0.4, 0.5) is 11.5 Å². The van der Waals surface area contributed by atoms with E-state index in [-0.39, 0.29) is 4.90 Å². The van der Waals surface area contributed by atoms with Crippen LogP contribution in [0.25, 0.3) is 16.9 Å². The van der Waals surface area contributed by atoms with Crippen molar-refractivity contribution >= 4 is 44.2 Å². The Hall–Kier alpha value is -2.49. The van der Waals surface area contributed by atoms with Crippen molar-refractivity contribution in [1.29, 1.82) is 0 Å². The molecule has 1 unspecified atom stereocenters. The van der Waals surface area contributed by atoms with Crippen LogP contribution in [0.1, 0.15) is 0 Å². The molecule has 0 fully saturated rings. The van der Waals surface area contributed by atoms with Crippen molar-refractivity contribution in [1.82, 2.24) is 14.6 Å². The summed E-state index contributed by atoms with van der Waals surface area (Å²) in [5.41, 5.74) is 2.95. The Kier molecular flexibility index (Phi) is 4.12. The Labute approximate surface area is 153 Å². The summed E-state index contributed by atoms with van der Waals surface area (Å²) >= 11 is 1.20. The highest BCUT2D eigenvalue weighted by Crippen LogP contribution is 2.28. The van der Waals surface area contributed by atoms with Crippen molar-refractivity contribution in [2.45, 2.75) is 4.90 Å². The first-order valence-corrected chi connectivity index (χ1v) is 9.02. The number of halogens is 1. The lowest BCUT2D eigenvalue weighted by Gasteiger charge is -2.11. The van der Waals surface area contributed by atoms with E-state index in [1.54, 1.807) is 35.4 Å². The van der Waals surface area contributed by atoms with Gasteiger partial charge in [0.2, 0.25) is 0 Å². The number of nitrogens with zero attached hydrogens (tertiary/aromatic N) is 3. The van der Waals surface area contributed by atoms with E-state index in [4.69, 9.17) is 4.42 Å². The van der Waals surface area contributed by atoms with Gasteiger partial charge in [0.1, 0.15) is 5.82 Å². The number of benzene rings is 1. The molecule has 0 bridgehead atoms. The summed E-state index contributed by atoms with van der Waals surface area (Å²) in [4.78, 5) is 4.82. The normalized spacial score (nSPS) is 12.4. The Morgan fingerprint density at radius 1 is 1.24 bits per heavy atom. The quantitative estimate of drug-likeness (QED) is 0.508.